The highest BCUT2D eigenvalue weighted by atomic mass is 35.5. The lowest BCUT2D eigenvalue weighted by atomic mass is 10.1. The summed E-state index contributed by atoms with van der Waals surface area (Å²) in [5.41, 5.74) is 0.553. The molecule has 0 aromatic heterocycles. The molecule has 114 valence electrons. The lowest BCUT2D eigenvalue weighted by Crippen LogP contribution is -2.29. The molecule has 1 atom stereocenters. The van der Waals surface area contributed by atoms with Gasteiger partial charge in [0.2, 0.25) is 11.8 Å². The van der Waals surface area contributed by atoms with Gasteiger partial charge in [0.1, 0.15) is 0 Å². The Morgan fingerprint density at radius 3 is 2.62 bits per heavy atom. The number of rotatable bonds is 5. The largest absolute Gasteiger partial charge is 0.342 e. The lowest BCUT2D eigenvalue weighted by Gasteiger charge is -2.16. The lowest BCUT2D eigenvalue weighted by molar-refractivity contribution is -0.128. The van der Waals surface area contributed by atoms with Crippen LogP contribution in [0.25, 0.3) is 0 Å². The summed E-state index contributed by atoms with van der Waals surface area (Å²) >= 11 is 11.8. The third-order valence-corrected chi connectivity index (χ3v) is 3.93. The van der Waals surface area contributed by atoms with Crippen molar-refractivity contribution in [3.63, 3.8) is 0 Å². The number of nitrogens with zero attached hydrogens (tertiary/aromatic N) is 1. The predicted octanol–water partition coefficient (Wildman–Crippen LogP) is 3.58. The summed E-state index contributed by atoms with van der Waals surface area (Å²) in [6.45, 7) is 3.29. The van der Waals surface area contributed by atoms with Crippen molar-refractivity contribution in [3.05, 3.63) is 28.2 Å². The van der Waals surface area contributed by atoms with Gasteiger partial charge in [-0.05, 0) is 24.6 Å². The number of hydrogen-bond donors (Lipinski definition) is 1. The number of carbonyl (C=O) groups is 2. The third-order valence-electron chi connectivity index (χ3n) is 3.50. The molecule has 0 spiro atoms. The SMILES string of the molecule is CCCCN1C[C@H](C(=O)Nc2cc(Cl)cc(Cl)c2)CC1=O. The molecule has 2 amide bonds. The van der Waals surface area contributed by atoms with Crippen LogP contribution in [0, 0.1) is 5.92 Å². The second kappa shape index (κ2) is 7.14. The molecule has 0 saturated carbocycles. The zero-order chi connectivity index (χ0) is 15.4. The highest BCUT2D eigenvalue weighted by Crippen LogP contribution is 2.24. The summed E-state index contributed by atoms with van der Waals surface area (Å²) < 4.78 is 0. The molecule has 1 aliphatic rings. The first-order valence-corrected chi connectivity index (χ1v) is 7.80. The van der Waals surface area contributed by atoms with Gasteiger partial charge in [0.05, 0.1) is 5.92 Å². The molecule has 1 aromatic rings. The molecule has 0 unspecified atom stereocenters. The van der Waals surface area contributed by atoms with E-state index >= 15 is 0 Å². The number of halogens is 2. The molecule has 0 bridgehead atoms. The Balaban J connectivity index is 1.96. The van der Waals surface area contributed by atoms with Crippen molar-refractivity contribution in [2.45, 2.75) is 26.2 Å². The number of likely N-dealkylation sites (tertiary alicyclic amines) is 1. The van der Waals surface area contributed by atoms with Gasteiger partial charge in [-0.2, -0.15) is 0 Å². The van der Waals surface area contributed by atoms with Gasteiger partial charge in [0, 0.05) is 35.2 Å². The van der Waals surface area contributed by atoms with E-state index in [1.54, 1.807) is 23.1 Å². The summed E-state index contributed by atoms with van der Waals surface area (Å²) in [5.74, 6) is -0.430. The van der Waals surface area contributed by atoms with Crippen LogP contribution in [0.2, 0.25) is 10.0 Å². The normalized spacial score (nSPS) is 18.1. The molecule has 1 N–H and O–H groups in total. The van der Waals surface area contributed by atoms with Gasteiger partial charge in [-0.15, -0.1) is 0 Å². The van der Waals surface area contributed by atoms with Crippen LogP contribution < -0.4 is 5.32 Å². The van der Waals surface area contributed by atoms with Crippen molar-refractivity contribution in [1.29, 1.82) is 0 Å². The fourth-order valence-corrected chi connectivity index (χ4v) is 2.91. The Morgan fingerprint density at radius 1 is 1.33 bits per heavy atom. The Bertz CT molecular complexity index is 528. The van der Waals surface area contributed by atoms with E-state index in [-0.39, 0.29) is 24.2 Å². The Hall–Kier alpha value is -1.26. The zero-order valence-corrected chi connectivity index (χ0v) is 13.4. The minimum atomic E-state index is -0.313. The van der Waals surface area contributed by atoms with Crippen molar-refractivity contribution in [1.82, 2.24) is 4.90 Å². The van der Waals surface area contributed by atoms with Gasteiger partial charge in [-0.1, -0.05) is 36.5 Å². The van der Waals surface area contributed by atoms with E-state index in [0.717, 1.165) is 19.4 Å². The highest BCUT2D eigenvalue weighted by Gasteiger charge is 2.33. The second-order valence-electron chi connectivity index (χ2n) is 5.24. The first kappa shape index (κ1) is 16.1. The average molecular weight is 329 g/mol. The van der Waals surface area contributed by atoms with Crippen LogP contribution in [0.3, 0.4) is 0 Å². The fraction of sp³-hybridized carbons (Fsp3) is 0.467. The van der Waals surface area contributed by atoms with E-state index in [2.05, 4.69) is 12.2 Å². The summed E-state index contributed by atoms with van der Waals surface area (Å²) in [5, 5.41) is 3.70. The average Bonchev–Trinajstić information content (AvgIpc) is 2.76. The van der Waals surface area contributed by atoms with Gasteiger partial charge in [0.25, 0.3) is 0 Å². The Morgan fingerprint density at radius 2 is 2.00 bits per heavy atom. The highest BCUT2D eigenvalue weighted by molar-refractivity contribution is 6.35. The van der Waals surface area contributed by atoms with E-state index in [0.29, 0.717) is 22.3 Å². The molecule has 2 rings (SSSR count). The maximum absolute atomic E-state index is 12.2. The van der Waals surface area contributed by atoms with E-state index < -0.39 is 0 Å². The molecule has 1 saturated heterocycles. The van der Waals surface area contributed by atoms with Crippen LogP contribution in [-0.2, 0) is 9.59 Å². The molecular weight excluding hydrogens is 311 g/mol. The van der Waals surface area contributed by atoms with E-state index in [4.69, 9.17) is 23.2 Å². The van der Waals surface area contributed by atoms with E-state index in [1.807, 2.05) is 0 Å². The van der Waals surface area contributed by atoms with Crippen molar-refractivity contribution in [2.75, 3.05) is 18.4 Å². The molecule has 0 aliphatic carbocycles. The molecule has 1 fully saturated rings. The van der Waals surface area contributed by atoms with Gasteiger partial charge >= 0.3 is 0 Å². The molecule has 0 radical (unpaired) electrons. The second-order valence-corrected chi connectivity index (χ2v) is 6.11. The number of carbonyl (C=O) groups excluding carboxylic acids is 2. The topological polar surface area (TPSA) is 49.4 Å². The number of unbranched alkanes of at least 4 members (excludes halogenated alkanes) is 1. The van der Waals surface area contributed by atoms with Gasteiger partial charge in [0.15, 0.2) is 0 Å². The van der Waals surface area contributed by atoms with Crippen molar-refractivity contribution >= 4 is 40.7 Å². The van der Waals surface area contributed by atoms with Crippen LogP contribution in [0.4, 0.5) is 5.69 Å². The van der Waals surface area contributed by atoms with Crippen LogP contribution >= 0.6 is 23.2 Å². The standard InChI is InChI=1S/C15H18Cl2N2O2/c1-2-3-4-19-9-10(5-14(19)20)15(21)18-13-7-11(16)6-12(17)8-13/h6-8,10H,2-5,9H2,1H3,(H,18,21)/t10-/m1/s1. The summed E-state index contributed by atoms with van der Waals surface area (Å²) in [6, 6.07) is 4.87. The Kier molecular flexibility index (Phi) is 5.48. The number of anilines is 1. The number of hydrogen-bond acceptors (Lipinski definition) is 2. The summed E-state index contributed by atoms with van der Waals surface area (Å²) in [6.07, 6.45) is 2.26. The Labute approximate surface area is 134 Å². The summed E-state index contributed by atoms with van der Waals surface area (Å²) in [7, 11) is 0. The summed E-state index contributed by atoms with van der Waals surface area (Å²) in [4.78, 5) is 25.8. The minimum Gasteiger partial charge on any atom is -0.342 e. The predicted molar refractivity (Wildman–Crippen MR) is 84.7 cm³/mol. The van der Waals surface area contributed by atoms with Crippen LogP contribution in [0.1, 0.15) is 26.2 Å². The smallest absolute Gasteiger partial charge is 0.229 e. The number of benzene rings is 1. The van der Waals surface area contributed by atoms with E-state index in [1.165, 1.54) is 0 Å². The third kappa shape index (κ3) is 4.35. The van der Waals surface area contributed by atoms with Gasteiger partial charge in [-0.25, -0.2) is 0 Å². The molecule has 21 heavy (non-hydrogen) atoms. The van der Waals surface area contributed by atoms with Crippen LogP contribution in [0.15, 0.2) is 18.2 Å². The van der Waals surface area contributed by atoms with Crippen molar-refractivity contribution in [3.8, 4) is 0 Å². The molecule has 1 heterocycles. The first-order valence-electron chi connectivity index (χ1n) is 7.04. The number of nitrogens with one attached hydrogen (secondary N) is 1. The molecular formula is C15H18Cl2N2O2. The monoisotopic (exact) mass is 328 g/mol. The quantitative estimate of drug-likeness (QED) is 0.898. The van der Waals surface area contributed by atoms with Crippen LogP contribution in [-0.4, -0.2) is 29.8 Å². The zero-order valence-electron chi connectivity index (χ0n) is 11.9. The van der Waals surface area contributed by atoms with Gasteiger partial charge in [-0.3, -0.25) is 9.59 Å². The molecule has 6 heteroatoms. The molecule has 1 aromatic carbocycles. The minimum absolute atomic E-state index is 0.0488. The van der Waals surface area contributed by atoms with Gasteiger partial charge < -0.3 is 10.2 Å². The first-order chi connectivity index (χ1) is 9.99. The molecule has 4 nitrogen and oxygen atoms in total. The fourth-order valence-electron chi connectivity index (χ4n) is 2.38. The van der Waals surface area contributed by atoms with Crippen molar-refractivity contribution in [2.24, 2.45) is 5.92 Å². The molecule has 1 aliphatic heterocycles. The maximum Gasteiger partial charge on any atom is 0.229 e. The number of amides is 2. The van der Waals surface area contributed by atoms with Crippen molar-refractivity contribution < 1.29 is 9.59 Å². The maximum atomic E-state index is 12.2. The van der Waals surface area contributed by atoms with Crippen LogP contribution in [0.5, 0.6) is 0 Å². The van der Waals surface area contributed by atoms with E-state index in [9.17, 15) is 9.59 Å².